The number of benzene rings is 2. The molecule has 1 fully saturated rings. The number of aliphatic carboxylic acids is 2. The monoisotopic (exact) mass is 381 g/mol. The van der Waals surface area contributed by atoms with Crippen LogP contribution in [0.25, 0.3) is 0 Å². The zero-order valence-corrected chi connectivity index (χ0v) is 15.4. The molecule has 0 bridgehead atoms. The lowest BCUT2D eigenvalue weighted by molar-refractivity contribution is -0.149. The number of carboxylic acids is 2. The van der Waals surface area contributed by atoms with E-state index >= 15 is 0 Å². The summed E-state index contributed by atoms with van der Waals surface area (Å²) in [5.41, 5.74) is 6.94. The Morgan fingerprint density at radius 2 is 1.54 bits per heavy atom. The number of ether oxygens (including phenoxy) is 1. The van der Waals surface area contributed by atoms with Crippen LogP contribution in [0.5, 0.6) is 11.5 Å². The summed E-state index contributed by atoms with van der Waals surface area (Å²) in [6, 6.07) is 15.3. The molecule has 4 N–H and O–H groups in total. The van der Waals surface area contributed by atoms with Gasteiger partial charge < -0.3 is 20.7 Å². The number of hydrogen-bond acceptors (Lipinski definition) is 4. The summed E-state index contributed by atoms with van der Waals surface area (Å²) in [6.45, 7) is 0. The van der Waals surface area contributed by atoms with E-state index in [1.54, 1.807) is 0 Å². The molecule has 2 aromatic carbocycles. The van der Waals surface area contributed by atoms with Crippen LogP contribution in [0.4, 0.5) is 0 Å². The van der Waals surface area contributed by atoms with Crippen LogP contribution >= 0.6 is 0 Å². The van der Waals surface area contributed by atoms with Crippen molar-refractivity contribution < 1.29 is 24.5 Å². The molecule has 0 saturated heterocycles. The van der Waals surface area contributed by atoms with Crippen molar-refractivity contribution >= 4 is 11.9 Å². The van der Waals surface area contributed by atoms with Gasteiger partial charge in [0.1, 0.15) is 17.0 Å². The number of carboxylic acid groups (broad SMARTS) is 2. The maximum absolute atomic E-state index is 12.2. The normalized spacial score (nSPS) is 22.8. The van der Waals surface area contributed by atoms with Crippen LogP contribution in [-0.2, 0) is 9.59 Å². The van der Waals surface area contributed by atoms with E-state index in [0.29, 0.717) is 12.8 Å². The molecule has 1 heterocycles. The van der Waals surface area contributed by atoms with Gasteiger partial charge in [0.25, 0.3) is 0 Å². The van der Waals surface area contributed by atoms with Crippen LogP contribution in [0.1, 0.15) is 42.7 Å². The molecule has 2 aromatic rings. The van der Waals surface area contributed by atoms with E-state index in [9.17, 15) is 14.7 Å². The second kappa shape index (κ2) is 6.95. The quantitative estimate of drug-likeness (QED) is 0.705. The van der Waals surface area contributed by atoms with Crippen LogP contribution in [0, 0.1) is 11.8 Å². The summed E-state index contributed by atoms with van der Waals surface area (Å²) in [4.78, 5) is 23.1. The zero-order chi connectivity index (χ0) is 19.9. The van der Waals surface area contributed by atoms with E-state index in [1.165, 1.54) is 0 Å². The summed E-state index contributed by atoms with van der Waals surface area (Å²) < 4.78 is 5.99. The summed E-state index contributed by atoms with van der Waals surface area (Å²) in [5.74, 6) is -0.884. The van der Waals surface area contributed by atoms with Crippen molar-refractivity contribution in [1.29, 1.82) is 0 Å². The van der Waals surface area contributed by atoms with Crippen LogP contribution in [0.2, 0.25) is 0 Å². The van der Waals surface area contributed by atoms with Gasteiger partial charge in [-0.2, -0.15) is 0 Å². The maximum atomic E-state index is 12.2. The minimum atomic E-state index is -1.42. The average molecular weight is 381 g/mol. The number of para-hydroxylation sites is 2. The first kappa shape index (κ1) is 18.5. The third kappa shape index (κ3) is 3.14. The van der Waals surface area contributed by atoms with Gasteiger partial charge in [0, 0.05) is 23.5 Å². The second-order valence-corrected chi connectivity index (χ2v) is 7.91. The molecule has 0 spiro atoms. The van der Waals surface area contributed by atoms with E-state index in [0.717, 1.165) is 22.6 Å². The molecular weight excluding hydrogens is 358 g/mol. The molecule has 146 valence electrons. The van der Waals surface area contributed by atoms with Crippen molar-refractivity contribution in [3.8, 4) is 11.5 Å². The molecule has 1 aliphatic carbocycles. The van der Waals surface area contributed by atoms with Gasteiger partial charge in [-0.25, -0.2) is 0 Å². The van der Waals surface area contributed by atoms with Crippen molar-refractivity contribution in [1.82, 2.24) is 0 Å². The predicted molar refractivity (Wildman–Crippen MR) is 102 cm³/mol. The van der Waals surface area contributed by atoms with Crippen molar-refractivity contribution in [3.05, 3.63) is 59.7 Å². The Morgan fingerprint density at radius 3 is 2.04 bits per heavy atom. The first-order valence-corrected chi connectivity index (χ1v) is 9.48. The van der Waals surface area contributed by atoms with E-state index in [2.05, 4.69) is 0 Å². The van der Waals surface area contributed by atoms with Gasteiger partial charge in [0.2, 0.25) is 0 Å². The van der Waals surface area contributed by atoms with E-state index < -0.39 is 17.5 Å². The molecule has 1 saturated carbocycles. The summed E-state index contributed by atoms with van der Waals surface area (Å²) in [7, 11) is 0. The lowest BCUT2D eigenvalue weighted by atomic mass is 9.61. The van der Waals surface area contributed by atoms with E-state index in [1.807, 2.05) is 48.5 Å². The van der Waals surface area contributed by atoms with Crippen molar-refractivity contribution in [2.75, 3.05) is 0 Å². The fourth-order valence-electron chi connectivity index (χ4n) is 4.56. The minimum Gasteiger partial charge on any atom is -0.481 e. The van der Waals surface area contributed by atoms with Gasteiger partial charge in [-0.1, -0.05) is 36.4 Å². The number of rotatable bonds is 6. The smallest absolute Gasteiger partial charge is 0.323 e. The molecule has 1 aliphatic heterocycles. The number of hydrogen-bond donors (Lipinski definition) is 3. The molecule has 2 aliphatic rings. The van der Waals surface area contributed by atoms with Crippen molar-refractivity contribution in [2.24, 2.45) is 17.6 Å². The molecule has 4 rings (SSSR count). The summed E-state index contributed by atoms with van der Waals surface area (Å²) in [6.07, 6.45) is 1.36. The molecule has 6 heteroatoms. The van der Waals surface area contributed by atoms with Gasteiger partial charge in [-0.3, -0.25) is 9.59 Å². The fourth-order valence-corrected chi connectivity index (χ4v) is 4.56. The molecule has 6 nitrogen and oxygen atoms in total. The number of fused-ring (bicyclic) bond motifs is 2. The molecule has 1 unspecified atom stereocenters. The largest absolute Gasteiger partial charge is 0.481 e. The van der Waals surface area contributed by atoms with Gasteiger partial charge in [-0.15, -0.1) is 0 Å². The highest BCUT2D eigenvalue weighted by atomic mass is 16.5. The molecule has 0 radical (unpaired) electrons. The Labute approximate surface area is 162 Å². The standard InChI is InChI=1S/C22H23NO5/c23-22(21(26)27,14-9-13(10-14)11-20(24)25)12-17-15-5-1-3-7-18(15)28-19-8-4-2-6-16(17)19/h1-8,13-14,17H,9-12,23H2,(H,24,25)(H,26,27). The Balaban J connectivity index is 1.65. The van der Waals surface area contributed by atoms with Gasteiger partial charge in [0.15, 0.2) is 0 Å². The fraction of sp³-hybridized carbons (Fsp3) is 0.364. The molecule has 0 aromatic heterocycles. The van der Waals surface area contributed by atoms with Gasteiger partial charge >= 0.3 is 11.9 Å². The molecule has 28 heavy (non-hydrogen) atoms. The minimum absolute atomic E-state index is 0.000892. The first-order chi connectivity index (χ1) is 13.4. The van der Waals surface area contributed by atoms with Crippen molar-refractivity contribution in [2.45, 2.75) is 37.1 Å². The highest BCUT2D eigenvalue weighted by Gasteiger charge is 2.50. The van der Waals surface area contributed by atoms with E-state index in [-0.39, 0.29) is 30.6 Å². The lowest BCUT2D eigenvalue weighted by Gasteiger charge is -2.46. The summed E-state index contributed by atoms with van der Waals surface area (Å²) >= 11 is 0. The Kier molecular flexibility index (Phi) is 4.59. The van der Waals surface area contributed by atoms with Crippen LogP contribution < -0.4 is 10.5 Å². The highest BCUT2D eigenvalue weighted by molar-refractivity contribution is 5.80. The maximum Gasteiger partial charge on any atom is 0.323 e. The third-order valence-corrected chi connectivity index (χ3v) is 6.18. The van der Waals surface area contributed by atoms with Crippen molar-refractivity contribution in [3.63, 3.8) is 0 Å². The second-order valence-electron chi connectivity index (χ2n) is 7.91. The molecule has 0 amide bonds. The van der Waals surface area contributed by atoms with Gasteiger partial charge in [-0.05, 0) is 43.2 Å². The first-order valence-electron chi connectivity index (χ1n) is 9.48. The average Bonchev–Trinajstić information content (AvgIpc) is 2.63. The lowest BCUT2D eigenvalue weighted by Crippen LogP contribution is -2.59. The number of carbonyl (C=O) groups is 2. The Morgan fingerprint density at radius 1 is 1.00 bits per heavy atom. The van der Waals surface area contributed by atoms with Crippen LogP contribution in [0.3, 0.4) is 0 Å². The van der Waals surface area contributed by atoms with Gasteiger partial charge in [0.05, 0.1) is 0 Å². The van der Waals surface area contributed by atoms with Crippen LogP contribution in [-0.4, -0.2) is 27.7 Å². The topological polar surface area (TPSA) is 110 Å². The zero-order valence-electron chi connectivity index (χ0n) is 15.4. The molecular formula is C22H23NO5. The Bertz CT molecular complexity index is 875. The summed E-state index contributed by atoms with van der Waals surface area (Å²) in [5, 5.41) is 19.0. The highest BCUT2D eigenvalue weighted by Crippen LogP contribution is 2.50. The number of nitrogens with two attached hydrogens (primary N) is 1. The SMILES string of the molecule is NC(CC1c2ccccc2Oc2ccccc21)(C(=O)O)C1CC(CC(=O)O)C1. The molecule has 1 atom stereocenters. The Hall–Kier alpha value is -2.86. The third-order valence-electron chi connectivity index (χ3n) is 6.18. The van der Waals surface area contributed by atoms with Crippen LogP contribution in [0.15, 0.2) is 48.5 Å². The predicted octanol–water partition coefficient (Wildman–Crippen LogP) is 3.60. The van der Waals surface area contributed by atoms with E-state index in [4.69, 9.17) is 15.6 Å².